The van der Waals surface area contributed by atoms with Crippen LogP contribution in [0.2, 0.25) is 0 Å². The number of nitrogens with zero attached hydrogens (tertiary/aromatic N) is 3. The third kappa shape index (κ3) is 4.45. The second-order valence-corrected chi connectivity index (χ2v) is 6.82. The molecule has 2 heterocycles. The molecule has 1 aliphatic rings. The molecule has 1 aliphatic heterocycles. The number of benzene rings is 1. The van der Waals surface area contributed by atoms with Gasteiger partial charge in [-0.15, -0.1) is 0 Å². The molecule has 1 amide bonds. The Bertz CT molecular complexity index is 676. The summed E-state index contributed by atoms with van der Waals surface area (Å²) in [5, 5.41) is 0. The highest BCUT2D eigenvalue weighted by atomic mass is 16.2. The predicted molar refractivity (Wildman–Crippen MR) is 101 cm³/mol. The van der Waals surface area contributed by atoms with Gasteiger partial charge in [0.05, 0.1) is 0 Å². The van der Waals surface area contributed by atoms with Gasteiger partial charge < -0.3 is 4.90 Å². The first kappa shape index (κ1) is 17.6. The lowest BCUT2D eigenvalue weighted by Gasteiger charge is -2.38. The van der Waals surface area contributed by atoms with Gasteiger partial charge in [-0.3, -0.25) is 14.7 Å². The highest BCUT2D eigenvalue weighted by molar-refractivity contribution is 5.93. The van der Waals surface area contributed by atoms with Crippen LogP contribution < -0.4 is 4.90 Å². The van der Waals surface area contributed by atoms with Crippen LogP contribution in [0.15, 0.2) is 48.8 Å². The summed E-state index contributed by atoms with van der Waals surface area (Å²) in [4.78, 5) is 21.2. The monoisotopic (exact) mass is 337 g/mol. The van der Waals surface area contributed by atoms with Gasteiger partial charge in [-0.25, -0.2) is 0 Å². The first-order valence-corrected chi connectivity index (χ1v) is 9.17. The Morgan fingerprint density at radius 1 is 1.12 bits per heavy atom. The predicted octanol–water partition coefficient (Wildman–Crippen LogP) is 3.80. The molecule has 0 atom stereocenters. The zero-order valence-corrected chi connectivity index (χ0v) is 15.2. The number of carbonyl (C=O) groups excluding carboxylic acids is 1. The van der Waals surface area contributed by atoms with Gasteiger partial charge in [0.1, 0.15) is 0 Å². The summed E-state index contributed by atoms with van der Waals surface area (Å²) in [6.07, 6.45) is 6.28. The van der Waals surface area contributed by atoms with Crippen molar-refractivity contribution in [3.05, 3.63) is 59.9 Å². The van der Waals surface area contributed by atoms with Crippen LogP contribution in [0.5, 0.6) is 0 Å². The number of hydrogen-bond donors (Lipinski definition) is 0. The van der Waals surface area contributed by atoms with Crippen LogP contribution in [-0.4, -0.2) is 34.9 Å². The van der Waals surface area contributed by atoms with Crippen molar-refractivity contribution in [2.24, 2.45) is 0 Å². The lowest BCUT2D eigenvalue weighted by molar-refractivity contribution is -0.119. The van der Waals surface area contributed by atoms with Gasteiger partial charge in [0.15, 0.2) is 0 Å². The van der Waals surface area contributed by atoms with Crippen molar-refractivity contribution in [3.8, 4) is 0 Å². The summed E-state index contributed by atoms with van der Waals surface area (Å²) in [5.41, 5.74) is 3.55. The molecule has 4 nitrogen and oxygen atoms in total. The van der Waals surface area contributed by atoms with Crippen LogP contribution >= 0.6 is 0 Å². The van der Waals surface area contributed by atoms with Crippen LogP contribution in [0.25, 0.3) is 0 Å². The molecule has 2 aromatic rings. The first-order chi connectivity index (χ1) is 12.2. The molecule has 0 bridgehead atoms. The van der Waals surface area contributed by atoms with Crippen LogP contribution in [0.3, 0.4) is 0 Å². The van der Waals surface area contributed by atoms with Crippen LogP contribution in [0.1, 0.15) is 37.3 Å². The highest BCUT2D eigenvalue weighted by Crippen LogP contribution is 2.25. The van der Waals surface area contributed by atoms with Crippen molar-refractivity contribution in [2.75, 3.05) is 18.0 Å². The Morgan fingerprint density at radius 3 is 2.36 bits per heavy atom. The lowest BCUT2D eigenvalue weighted by Crippen LogP contribution is -2.47. The summed E-state index contributed by atoms with van der Waals surface area (Å²) in [5.74, 6) is 0.219. The summed E-state index contributed by atoms with van der Waals surface area (Å²) < 4.78 is 0. The van der Waals surface area contributed by atoms with E-state index in [2.05, 4.69) is 53.2 Å². The van der Waals surface area contributed by atoms with Crippen molar-refractivity contribution >= 4 is 11.6 Å². The summed E-state index contributed by atoms with van der Waals surface area (Å²) in [6, 6.07) is 12.8. The fraction of sp³-hybridized carbons (Fsp3) is 0.429. The number of rotatable bonds is 5. The number of piperidine rings is 1. The Kier molecular flexibility index (Phi) is 5.82. The maximum atomic E-state index is 12.6. The molecule has 1 aromatic carbocycles. The van der Waals surface area contributed by atoms with E-state index in [1.807, 2.05) is 24.2 Å². The van der Waals surface area contributed by atoms with Crippen LogP contribution in [0, 0.1) is 6.92 Å². The standard InChI is InChI=1S/C21H27N3O/c1-3-21(25)24(19-6-4-17(2)5-7-19)20-10-14-23(15-11-20)16-18-8-12-22-13-9-18/h4-9,12-13,20H,3,10-11,14-16H2,1-2H3. The van der Waals surface area contributed by atoms with E-state index in [1.165, 1.54) is 11.1 Å². The quantitative estimate of drug-likeness (QED) is 0.833. The number of amides is 1. The number of anilines is 1. The molecule has 0 saturated carbocycles. The van der Waals surface area contributed by atoms with Crippen molar-refractivity contribution in [1.82, 2.24) is 9.88 Å². The normalized spacial score (nSPS) is 15.9. The molecular formula is C21H27N3O. The van der Waals surface area contributed by atoms with E-state index in [0.29, 0.717) is 12.5 Å². The maximum absolute atomic E-state index is 12.6. The molecule has 3 rings (SSSR count). The number of aromatic nitrogens is 1. The molecule has 25 heavy (non-hydrogen) atoms. The average Bonchev–Trinajstić information content (AvgIpc) is 2.65. The molecule has 1 aromatic heterocycles. The second kappa shape index (κ2) is 8.26. The van der Waals surface area contributed by atoms with Gasteiger partial charge in [0.2, 0.25) is 5.91 Å². The third-order valence-corrected chi connectivity index (χ3v) is 4.96. The van der Waals surface area contributed by atoms with Crippen molar-refractivity contribution < 1.29 is 4.79 Å². The summed E-state index contributed by atoms with van der Waals surface area (Å²) >= 11 is 0. The Labute approximate surface area is 150 Å². The van der Waals surface area contributed by atoms with E-state index in [1.54, 1.807) is 0 Å². The van der Waals surface area contributed by atoms with E-state index < -0.39 is 0 Å². The highest BCUT2D eigenvalue weighted by Gasteiger charge is 2.28. The first-order valence-electron chi connectivity index (χ1n) is 9.17. The minimum atomic E-state index is 0.219. The van der Waals surface area contributed by atoms with E-state index in [9.17, 15) is 4.79 Å². The topological polar surface area (TPSA) is 36.4 Å². The second-order valence-electron chi connectivity index (χ2n) is 6.82. The van der Waals surface area contributed by atoms with E-state index >= 15 is 0 Å². The van der Waals surface area contributed by atoms with Gasteiger partial charge in [0.25, 0.3) is 0 Å². The molecule has 0 N–H and O–H groups in total. The largest absolute Gasteiger partial charge is 0.309 e. The zero-order chi connectivity index (χ0) is 17.6. The van der Waals surface area contributed by atoms with Gasteiger partial charge in [-0.2, -0.15) is 0 Å². The smallest absolute Gasteiger partial charge is 0.226 e. The molecular weight excluding hydrogens is 310 g/mol. The number of hydrogen-bond acceptors (Lipinski definition) is 3. The molecule has 0 spiro atoms. The Hall–Kier alpha value is -2.20. The number of pyridine rings is 1. The molecule has 132 valence electrons. The number of likely N-dealkylation sites (tertiary alicyclic amines) is 1. The molecule has 0 radical (unpaired) electrons. The van der Waals surface area contributed by atoms with Gasteiger partial charge in [0, 0.05) is 50.2 Å². The maximum Gasteiger partial charge on any atom is 0.226 e. The molecule has 0 unspecified atom stereocenters. The fourth-order valence-corrected chi connectivity index (χ4v) is 3.52. The Balaban J connectivity index is 1.66. The van der Waals surface area contributed by atoms with Gasteiger partial charge >= 0.3 is 0 Å². The third-order valence-electron chi connectivity index (χ3n) is 4.96. The van der Waals surface area contributed by atoms with Crippen molar-refractivity contribution in [2.45, 2.75) is 45.7 Å². The number of aryl methyl sites for hydroxylation is 1. The summed E-state index contributed by atoms with van der Waals surface area (Å²) in [6.45, 7) is 7.02. The van der Waals surface area contributed by atoms with Gasteiger partial charge in [-0.05, 0) is 49.6 Å². The Morgan fingerprint density at radius 2 is 1.76 bits per heavy atom. The zero-order valence-electron chi connectivity index (χ0n) is 15.2. The minimum Gasteiger partial charge on any atom is -0.309 e. The molecule has 1 fully saturated rings. The summed E-state index contributed by atoms with van der Waals surface area (Å²) in [7, 11) is 0. The van der Waals surface area contributed by atoms with Crippen molar-refractivity contribution in [3.63, 3.8) is 0 Å². The SMILES string of the molecule is CCC(=O)N(c1ccc(C)cc1)C1CCN(Cc2ccncc2)CC1. The average molecular weight is 337 g/mol. The fourth-order valence-electron chi connectivity index (χ4n) is 3.52. The minimum absolute atomic E-state index is 0.219. The van der Waals surface area contributed by atoms with Crippen molar-refractivity contribution in [1.29, 1.82) is 0 Å². The van der Waals surface area contributed by atoms with Gasteiger partial charge in [-0.1, -0.05) is 24.6 Å². The van der Waals surface area contributed by atoms with E-state index in [0.717, 1.165) is 38.2 Å². The van der Waals surface area contributed by atoms with E-state index in [-0.39, 0.29) is 5.91 Å². The molecule has 1 saturated heterocycles. The number of carbonyl (C=O) groups is 1. The molecule has 0 aliphatic carbocycles. The van der Waals surface area contributed by atoms with Crippen LogP contribution in [-0.2, 0) is 11.3 Å². The molecule has 4 heteroatoms. The van der Waals surface area contributed by atoms with Crippen LogP contribution in [0.4, 0.5) is 5.69 Å². The lowest BCUT2D eigenvalue weighted by atomic mass is 10.0. The van der Waals surface area contributed by atoms with E-state index in [4.69, 9.17) is 0 Å².